The molecule has 17 N–H and O–H groups in total. The molecular formula is C84H147N15O18. The van der Waals surface area contributed by atoms with Crippen LogP contribution in [0.25, 0.3) is 0 Å². The Morgan fingerprint density at radius 2 is 0.701 bits per heavy atom. The molecule has 0 spiro atoms. The lowest BCUT2D eigenvalue weighted by molar-refractivity contribution is -0.147. The molecule has 0 radical (unpaired) electrons. The topological polar surface area (TPSA) is 488 Å². The minimum absolute atomic E-state index is 0.0135. The zero-order chi connectivity index (χ0) is 91.5. The number of likely N-dealkylation sites (N-methyl/N-ethyl adjacent to an activating group) is 1. The molecule has 0 rings (SSSR count). The molecule has 0 aromatic carbocycles. The third-order valence-electron chi connectivity index (χ3n) is 20.8. The first-order chi connectivity index (χ1) is 53.5. The Morgan fingerprint density at radius 3 is 1.08 bits per heavy atom. The van der Waals surface area contributed by atoms with Crippen LogP contribution in [-0.4, -0.2) is 207 Å². The van der Waals surface area contributed by atoms with E-state index >= 15 is 0 Å². The fraction of sp³-hybridized carbons (Fsp3) is 0.726. The zero-order valence-corrected chi connectivity index (χ0v) is 76.2. The van der Waals surface area contributed by atoms with Gasteiger partial charge in [-0.25, -0.2) is 0 Å². The van der Waals surface area contributed by atoms with Crippen LogP contribution in [0.5, 0.6) is 0 Å². The molecule has 0 bridgehead atoms. The number of allylic oxidation sites excluding steroid dienone is 4. The lowest BCUT2D eigenvalue weighted by Crippen LogP contribution is -2.66. The van der Waals surface area contributed by atoms with E-state index in [1.165, 1.54) is 69.2 Å². The third kappa shape index (κ3) is 33.4. The summed E-state index contributed by atoms with van der Waals surface area (Å²) in [5.41, 5.74) is -7.37. The van der Waals surface area contributed by atoms with Crippen molar-refractivity contribution < 1.29 is 87.2 Å². The van der Waals surface area contributed by atoms with Gasteiger partial charge in [-0.3, -0.25) is 71.9 Å². The van der Waals surface area contributed by atoms with Crippen LogP contribution >= 0.6 is 0 Å². The molecule has 0 aromatic heterocycles. The molecular weight excluding hydrogens is 1510 g/mol. The van der Waals surface area contributed by atoms with E-state index in [0.717, 1.165) is 0 Å². The van der Waals surface area contributed by atoms with E-state index in [1.807, 2.05) is 46.7 Å². The molecule has 33 heteroatoms. The summed E-state index contributed by atoms with van der Waals surface area (Å²) in [5.74, 6) is -15.9. The average molecular weight is 1660 g/mol. The minimum atomic E-state index is -2.15. The average Bonchev–Trinajstić information content (AvgIpc) is 0.809. The molecule has 666 valence electrons. The van der Waals surface area contributed by atoms with E-state index in [9.17, 15) is 87.2 Å². The molecule has 0 aliphatic carbocycles. The maximum absolute atomic E-state index is 14.6. The number of rotatable bonds is 47. The standard InChI is InChI=1S/C84H147N15O18/c1-34-47(18)59(73(107)85-52(23)67(101)88-56(44(12)13)70(104)90-57(45(14)15)71(105)89-55(43(10)11)69(103)87-54(42(8)9)40-99(32)33)94-77(111)63(82(27,28)115)97-78(112)64(83(29,30)116)96-76(110)62(50(21)37-4)93-72(106)58(46(16)17)91-75(109)61(49(20)36-3)92-68(102)53(24)86-74(108)60(48(19)35-2)95-79(113)65(84(31,117)38-5)98-80(114)81(25,26)66(100)51(22)39-41(6)7/h41-42,44-46,50-54,56-58,62-65,115-117H,34-40H2,1-33H3,(H,85,107)(H,86,108)(H,87,103)(H,88,101)(H,89,105)(H,90,104)(H,91,109)(H,92,102)(H,93,106)(H,94,111)(H,95,113)(H,96,110)(H,97,112)(H,98,114)/b59-47+,60-48-,61-49+/t50-,51?,52-,53-,54+,56-,57-,58-,62-,63+,64+,65+,84+/m0/s1. The highest BCUT2D eigenvalue weighted by molar-refractivity contribution is 6.09. The monoisotopic (exact) mass is 1650 g/mol. The van der Waals surface area contributed by atoms with Crippen molar-refractivity contribution in [2.75, 3.05) is 20.6 Å². The number of nitrogens with zero attached hydrogens (tertiary/aromatic N) is 1. The molecule has 14 amide bonds. The van der Waals surface area contributed by atoms with Gasteiger partial charge in [0.1, 0.15) is 82.6 Å². The first kappa shape index (κ1) is 108. The number of carbonyl (C=O) groups excluding carboxylic acids is 15. The van der Waals surface area contributed by atoms with Gasteiger partial charge in [0.05, 0.1) is 16.8 Å². The Morgan fingerprint density at radius 1 is 0.359 bits per heavy atom. The number of ketones is 1. The summed E-state index contributed by atoms with van der Waals surface area (Å²) in [6.07, 6.45) is 1.24. The molecule has 0 fully saturated rings. The van der Waals surface area contributed by atoms with E-state index in [2.05, 4.69) is 74.4 Å². The van der Waals surface area contributed by atoms with Crippen LogP contribution in [0.4, 0.5) is 0 Å². The number of hydrogen-bond acceptors (Lipinski definition) is 19. The summed E-state index contributed by atoms with van der Waals surface area (Å²) < 4.78 is 0. The molecule has 0 aliphatic rings. The van der Waals surface area contributed by atoms with E-state index in [1.54, 1.807) is 118 Å². The van der Waals surface area contributed by atoms with Crippen molar-refractivity contribution in [2.24, 2.45) is 46.8 Å². The number of amides is 14. The number of carbonyl (C=O) groups is 15. The van der Waals surface area contributed by atoms with Crippen molar-refractivity contribution in [3.63, 3.8) is 0 Å². The maximum Gasteiger partial charge on any atom is 0.268 e. The molecule has 0 aromatic rings. The van der Waals surface area contributed by atoms with Crippen LogP contribution < -0.4 is 74.4 Å². The number of nitrogens with one attached hydrogen (secondary N) is 14. The van der Waals surface area contributed by atoms with Gasteiger partial charge in [-0.05, 0) is 201 Å². The summed E-state index contributed by atoms with van der Waals surface area (Å²) in [7, 11) is 3.75. The van der Waals surface area contributed by atoms with Crippen LogP contribution in [-0.2, 0) is 71.9 Å². The fourth-order valence-corrected chi connectivity index (χ4v) is 12.0. The van der Waals surface area contributed by atoms with Gasteiger partial charge in [-0.15, -0.1) is 0 Å². The second kappa shape index (κ2) is 47.6. The van der Waals surface area contributed by atoms with Gasteiger partial charge in [0.2, 0.25) is 59.1 Å². The summed E-state index contributed by atoms with van der Waals surface area (Å²) in [4.78, 5) is 214. The summed E-state index contributed by atoms with van der Waals surface area (Å²) in [6, 6.07) is -14.0. The normalized spacial score (nSPS) is 16.3. The predicted octanol–water partition coefficient (Wildman–Crippen LogP) is 3.90. The molecule has 117 heavy (non-hydrogen) atoms. The van der Waals surface area contributed by atoms with Crippen molar-refractivity contribution in [1.29, 1.82) is 0 Å². The Hall–Kier alpha value is -8.95. The van der Waals surface area contributed by atoms with E-state index < -0.39 is 195 Å². The number of Topliss-reactive ketones (excluding diaryl/α,β-unsaturated/α-hetero) is 1. The highest BCUT2D eigenvalue weighted by Crippen LogP contribution is 2.28. The van der Waals surface area contributed by atoms with Gasteiger partial charge in [0, 0.05) is 18.5 Å². The van der Waals surface area contributed by atoms with Gasteiger partial charge in [0.15, 0.2) is 5.78 Å². The van der Waals surface area contributed by atoms with Crippen molar-refractivity contribution >= 4 is 88.5 Å². The first-order valence-electron chi connectivity index (χ1n) is 40.9. The van der Waals surface area contributed by atoms with Gasteiger partial charge < -0.3 is 94.7 Å². The molecule has 13 atom stereocenters. The zero-order valence-electron chi connectivity index (χ0n) is 76.2. The van der Waals surface area contributed by atoms with Gasteiger partial charge in [-0.2, -0.15) is 0 Å². The Bertz CT molecular complexity index is 3660. The van der Waals surface area contributed by atoms with Crippen molar-refractivity contribution in [2.45, 2.75) is 330 Å². The second-order valence-electron chi connectivity index (χ2n) is 35.2. The summed E-state index contributed by atoms with van der Waals surface area (Å²) >= 11 is 0. The molecule has 0 saturated carbocycles. The van der Waals surface area contributed by atoms with Crippen molar-refractivity contribution in [3.05, 3.63) is 45.1 Å². The lowest BCUT2D eigenvalue weighted by Gasteiger charge is -2.35. The second-order valence-corrected chi connectivity index (χ2v) is 35.2. The van der Waals surface area contributed by atoms with Crippen LogP contribution in [0, 0.1) is 46.8 Å². The quantitative estimate of drug-likeness (QED) is 0.0303. The molecule has 0 aliphatic heterocycles. The van der Waals surface area contributed by atoms with Crippen LogP contribution in [0.2, 0.25) is 0 Å². The predicted molar refractivity (Wildman–Crippen MR) is 449 cm³/mol. The van der Waals surface area contributed by atoms with E-state index in [-0.39, 0.29) is 78.4 Å². The smallest absolute Gasteiger partial charge is 0.268 e. The summed E-state index contributed by atoms with van der Waals surface area (Å²) in [5, 5.41) is 71.1. The molecule has 0 heterocycles. The Labute approximate surface area is 695 Å². The maximum atomic E-state index is 14.6. The lowest BCUT2D eigenvalue weighted by atomic mass is 9.78. The van der Waals surface area contributed by atoms with Gasteiger partial charge in [-0.1, -0.05) is 124 Å². The largest absolute Gasteiger partial charge is 0.388 e. The highest BCUT2D eigenvalue weighted by atomic mass is 16.3. The third-order valence-corrected chi connectivity index (χ3v) is 20.8. The Balaban J connectivity index is 6.94. The van der Waals surface area contributed by atoms with Crippen LogP contribution in [0.15, 0.2) is 45.1 Å². The fourth-order valence-electron chi connectivity index (χ4n) is 12.0. The Kier molecular flexibility index (Phi) is 44.0. The SMILES string of the molecule is CC/C(C)=C(\NC(=O)[C@@H](NC(=O)C(C)(C)C(=O)C(C)CC(C)C)[C@](C)(O)CC)C(=O)N[C@@H](C)C(=O)N/C(C(=O)N[C@H](C(=O)N[C@H](C(=O)N[C@H](C(=O)N[C@H](C(=O)N/C(C(=O)N[C@@H](C)C(=O)N[C@H](C(=O)N[C@H](C(=O)NC(C(=O)N[C@H](CN(C)C)C(C)C)=C(C)C)C(C)C)C(C)C)=C(\C)CC)C(C)(C)O)C(C)(C)O)[C@@H](C)CC)C(C)C)=C(\C)CC. The van der Waals surface area contributed by atoms with Crippen molar-refractivity contribution in [3.8, 4) is 0 Å². The van der Waals surface area contributed by atoms with Gasteiger partial charge >= 0.3 is 0 Å². The van der Waals surface area contributed by atoms with E-state index in [4.69, 9.17) is 0 Å². The van der Waals surface area contributed by atoms with Gasteiger partial charge in [0.25, 0.3) is 23.6 Å². The minimum Gasteiger partial charge on any atom is -0.388 e. The summed E-state index contributed by atoms with van der Waals surface area (Å²) in [6.45, 7) is 49.3. The van der Waals surface area contributed by atoms with Crippen LogP contribution in [0.3, 0.4) is 0 Å². The molecule has 1 unspecified atom stereocenters. The molecule has 0 saturated heterocycles. The molecule has 33 nitrogen and oxygen atoms in total. The number of aliphatic hydroxyl groups is 3. The first-order valence-corrected chi connectivity index (χ1v) is 40.9. The van der Waals surface area contributed by atoms with Crippen LogP contribution in [0.1, 0.15) is 253 Å². The van der Waals surface area contributed by atoms with E-state index in [0.29, 0.717) is 29.7 Å². The van der Waals surface area contributed by atoms with Crippen molar-refractivity contribution in [1.82, 2.24) is 79.3 Å². The highest BCUT2D eigenvalue weighted by Gasteiger charge is 2.47. The number of hydrogen-bond donors (Lipinski definition) is 17.